The summed E-state index contributed by atoms with van der Waals surface area (Å²) < 4.78 is 0. The molecule has 2 aromatic rings. The van der Waals surface area contributed by atoms with Crippen LogP contribution in [0.2, 0.25) is 0 Å². The van der Waals surface area contributed by atoms with Crippen LogP contribution in [-0.4, -0.2) is 6.54 Å². The fraction of sp³-hybridized carbons (Fsp3) is 0.294. The Labute approximate surface area is 115 Å². The third-order valence-corrected chi connectivity index (χ3v) is 3.51. The molecule has 0 aromatic heterocycles. The minimum Gasteiger partial charge on any atom is -0.321 e. The van der Waals surface area contributed by atoms with E-state index in [0.717, 1.165) is 12.1 Å². The molecular weight excluding hydrogens is 232 g/mol. The summed E-state index contributed by atoms with van der Waals surface area (Å²) >= 11 is 0. The third kappa shape index (κ3) is 3.66. The maximum atomic E-state index is 6.40. The molecule has 0 radical (unpaired) electrons. The Morgan fingerprint density at radius 2 is 1.53 bits per heavy atom. The quantitative estimate of drug-likeness (QED) is 0.860. The molecule has 0 heterocycles. The number of nitrogens with two attached hydrogens (primary N) is 1. The molecule has 2 rings (SSSR count). The predicted molar refractivity (Wildman–Crippen MR) is 80.8 cm³/mol. The van der Waals surface area contributed by atoms with E-state index in [1.165, 1.54) is 5.56 Å². The Morgan fingerprint density at radius 1 is 1.00 bits per heavy atom. The molecular formula is C17H22N2. The highest BCUT2D eigenvalue weighted by molar-refractivity contribution is 5.24. The van der Waals surface area contributed by atoms with Crippen LogP contribution in [0.4, 0.5) is 0 Å². The summed E-state index contributed by atoms with van der Waals surface area (Å²) in [4.78, 5) is 0. The van der Waals surface area contributed by atoms with Crippen LogP contribution in [0.25, 0.3) is 0 Å². The molecule has 0 aliphatic carbocycles. The molecule has 0 fully saturated rings. The number of nitrogens with one attached hydrogen (secondary N) is 1. The topological polar surface area (TPSA) is 38.0 Å². The normalized spacial score (nSPS) is 15.7. The van der Waals surface area contributed by atoms with Crippen molar-refractivity contribution in [1.29, 1.82) is 0 Å². The Morgan fingerprint density at radius 3 is 2.11 bits per heavy atom. The molecule has 0 saturated carbocycles. The van der Waals surface area contributed by atoms with E-state index in [0.29, 0.717) is 6.04 Å². The van der Waals surface area contributed by atoms with Gasteiger partial charge in [-0.1, -0.05) is 60.7 Å². The first-order chi connectivity index (χ1) is 9.09. The zero-order valence-corrected chi connectivity index (χ0v) is 11.6. The zero-order valence-electron chi connectivity index (χ0n) is 11.6. The van der Waals surface area contributed by atoms with Crippen molar-refractivity contribution in [3.05, 3.63) is 71.8 Å². The van der Waals surface area contributed by atoms with Gasteiger partial charge >= 0.3 is 0 Å². The van der Waals surface area contributed by atoms with Gasteiger partial charge in [0, 0.05) is 12.6 Å². The van der Waals surface area contributed by atoms with Gasteiger partial charge in [-0.3, -0.25) is 0 Å². The van der Waals surface area contributed by atoms with Crippen molar-refractivity contribution in [1.82, 2.24) is 5.32 Å². The average Bonchev–Trinajstić information content (AvgIpc) is 2.47. The average molecular weight is 254 g/mol. The molecule has 100 valence electrons. The number of benzene rings is 2. The molecule has 0 saturated heterocycles. The van der Waals surface area contributed by atoms with Crippen molar-refractivity contribution in [2.24, 2.45) is 5.73 Å². The molecule has 19 heavy (non-hydrogen) atoms. The molecule has 0 aliphatic heterocycles. The summed E-state index contributed by atoms with van der Waals surface area (Å²) in [6.07, 6.45) is 0. The predicted octanol–water partition coefficient (Wildman–Crippen LogP) is 3.21. The smallest absolute Gasteiger partial charge is 0.0507 e. The molecule has 0 amide bonds. The molecule has 2 nitrogen and oxygen atoms in total. The summed E-state index contributed by atoms with van der Waals surface area (Å²) in [7, 11) is 0. The molecule has 2 heteroatoms. The highest BCUT2D eigenvalue weighted by Crippen LogP contribution is 2.18. The summed E-state index contributed by atoms with van der Waals surface area (Å²) in [5.41, 5.74) is 8.48. The summed E-state index contributed by atoms with van der Waals surface area (Å²) in [5.74, 6) is 0. The molecule has 0 spiro atoms. The van der Waals surface area contributed by atoms with E-state index in [2.05, 4.69) is 55.6 Å². The highest BCUT2D eigenvalue weighted by Gasteiger charge is 2.21. The monoisotopic (exact) mass is 254 g/mol. The SMILES string of the molecule is C[C@H](NCC(C)(N)c1ccccc1)c1ccccc1. The van der Waals surface area contributed by atoms with Crippen LogP contribution in [0.3, 0.4) is 0 Å². The first-order valence-electron chi connectivity index (χ1n) is 6.72. The second-order valence-corrected chi connectivity index (χ2v) is 5.30. The first-order valence-corrected chi connectivity index (χ1v) is 6.72. The summed E-state index contributed by atoms with van der Waals surface area (Å²) in [6, 6.07) is 21.0. The number of hydrogen-bond acceptors (Lipinski definition) is 2. The van der Waals surface area contributed by atoms with E-state index in [1.54, 1.807) is 0 Å². The lowest BCUT2D eigenvalue weighted by Crippen LogP contribution is -2.44. The Kier molecular flexibility index (Phi) is 4.35. The van der Waals surface area contributed by atoms with E-state index >= 15 is 0 Å². The van der Waals surface area contributed by atoms with Gasteiger partial charge in [0.05, 0.1) is 5.54 Å². The second-order valence-electron chi connectivity index (χ2n) is 5.30. The molecule has 0 aliphatic rings. The lowest BCUT2D eigenvalue weighted by molar-refractivity contribution is 0.417. The van der Waals surface area contributed by atoms with Gasteiger partial charge in [-0.2, -0.15) is 0 Å². The minimum absolute atomic E-state index is 0.299. The van der Waals surface area contributed by atoms with Crippen molar-refractivity contribution in [3.63, 3.8) is 0 Å². The molecule has 1 unspecified atom stereocenters. The fourth-order valence-electron chi connectivity index (χ4n) is 2.15. The summed E-state index contributed by atoms with van der Waals surface area (Å²) in [6.45, 7) is 4.97. The molecule has 2 atom stereocenters. The van der Waals surface area contributed by atoms with Gasteiger partial charge in [-0.05, 0) is 25.0 Å². The highest BCUT2D eigenvalue weighted by atomic mass is 15.0. The van der Waals surface area contributed by atoms with E-state index in [-0.39, 0.29) is 5.54 Å². The summed E-state index contributed by atoms with van der Waals surface area (Å²) in [5, 5.41) is 3.51. The first kappa shape index (κ1) is 13.8. The maximum absolute atomic E-state index is 6.40. The zero-order chi connectivity index (χ0) is 13.7. The minimum atomic E-state index is -0.357. The standard InChI is InChI=1S/C17H22N2/c1-14(15-9-5-3-6-10-15)19-13-17(2,18)16-11-7-4-8-12-16/h3-12,14,19H,13,18H2,1-2H3/t14-,17?/m0/s1. The van der Waals surface area contributed by atoms with Crippen molar-refractivity contribution in [2.75, 3.05) is 6.54 Å². The third-order valence-electron chi connectivity index (χ3n) is 3.51. The van der Waals surface area contributed by atoms with Crippen molar-refractivity contribution in [3.8, 4) is 0 Å². The van der Waals surface area contributed by atoms with Crippen molar-refractivity contribution in [2.45, 2.75) is 25.4 Å². The molecule has 0 bridgehead atoms. The Balaban J connectivity index is 1.99. The van der Waals surface area contributed by atoms with E-state index < -0.39 is 0 Å². The lowest BCUT2D eigenvalue weighted by atomic mass is 9.92. The van der Waals surface area contributed by atoms with E-state index in [9.17, 15) is 0 Å². The van der Waals surface area contributed by atoms with Crippen LogP contribution < -0.4 is 11.1 Å². The van der Waals surface area contributed by atoms with Crippen LogP contribution in [0, 0.1) is 0 Å². The van der Waals surface area contributed by atoms with Crippen LogP contribution in [0.5, 0.6) is 0 Å². The number of rotatable bonds is 5. The van der Waals surface area contributed by atoms with Crippen molar-refractivity contribution >= 4 is 0 Å². The number of hydrogen-bond donors (Lipinski definition) is 2. The van der Waals surface area contributed by atoms with Gasteiger partial charge in [0.2, 0.25) is 0 Å². The van der Waals surface area contributed by atoms with Gasteiger partial charge in [0.25, 0.3) is 0 Å². The van der Waals surface area contributed by atoms with Gasteiger partial charge in [0.1, 0.15) is 0 Å². The van der Waals surface area contributed by atoms with Gasteiger partial charge < -0.3 is 11.1 Å². The van der Waals surface area contributed by atoms with Gasteiger partial charge in [0.15, 0.2) is 0 Å². The maximum Gasteiger partial charge on any atom is 0.0507 e. The lowest BCUT2D eigenvalue weighted by Gasteiger charge is -2.28. The largest absolute Gasteiger partial charge is 0.321 e. The van der Waals surface area contributed by atoms with Gasteiger partial charge in [-0.25, -0.2) is 0 Å². The fourth-order valence-corrected chi connectivity index (χ4v) is 2.15. The van der Waals surface area contributed by atoms with E-state index in [4.69, 9.17) is 5.73 Å². The van der Waals surface area contributed by atoms with Crippen LogP contribution in [-0.2, 0) is 5.54 Å². The molecule has 2 aromatic carbocycles. The van der Waals surface area contributed by atoms with Crippen LogP contribution in [0.15, 0.2) is 60.7 Å². The van der Waals surface area contributed by atoms with E-state index in [1.807, 2.05) is 24.3 Å². The Hall–Kier alpha value is -1.64. The van der Waals surface area contributed by atoms with Crippen LogP contribution in [0.1, 0.15) is 31.0 Å². The van der Waals surface area contributed by atoms with Crippen molar-refractivity contribution < 1.29 is 0 Å². The second kappa shape index (κ2) is 6.00. The Bertz CT molecular complexity index is 491. The molecule has 3 N–H and O–H groups in total. The van der Waals surface area contributed by atoms with Crippen LogP contribution >= 0.6 is 0 Å². The van der Waals surface area contributed by atoms with Gasteiger partial charge in [-0.15, -0.1) is 0 Å².